The molecule has 0 radical (unpaired) electrons. The van der Waals surface area contributed by atoms with Gasteiger partial charge in [-0.05, 0) is 6.92 Å². The van der Waals surface area contributed by atoms with Crippen LogP contribution >= 0.6 is 0 Å². The molecule has 0 aromatic rings. The summed E-state index contributed by atoms with van der Waals surface area (Å²) in [6.45, 7) is 3.38. The normalized spacial score (nSPS) is 35.3. The van der Waals surface area contributed by atoms with Gasteiger partial charge in [0.05, 0.1) is 11.8 Å². The number of fused-ring (bicyclic) bond motifs is 1. The first-order valence-corrected chi connectivity index (χ1v) is 2.72. The zero-order valence-electron chi connectivity index (χ0n) is 4.39. The molecule has 0 aliphatic carbocycles. The van der Waals surface area contributed by atoms with Crippen molar-refractivity contribution in [3.05, 3.63) is 0 Å². The molecule has 2 bridgehead atoms. The Morgan fingerprint density at radius 1 is 1.86 bits per heavy atom. The van der Waals surface area contributed by atoms with Crippen molar-refractivity contribution in [1.29, 1.82) is 0 Å². The van der Waals surface area contributed by atoms with Gasteiger partial charge in [0.2, 0.25) is 0 Å². The van der Waals surface area contributed by atoms with E-state index in [-0.39, 0.29) is 0 Å². The molecule has 2 nitrogen and oxygen atoms in total. The van der Waals surface area contributed by atoms with Gasteiger partial charge >= 0.3 is 0 Å². The van der Waals surface area contributed by atoms with Crippen molar-refractivity contribution in [2.45, 2.75) is 19.4 Å². The minimum absolute atomic E-state index is 0.694. The van der Waals surface area contributed by atoms with Crippen molar-refractivity contribution in [3.8, 4) is 0 Å². The van der Waals surface area contributed by atoms with E-state index in [9.17, 15) is 0 Å². The predicted molar refractivity (Wildman–Crippen MR) is 28.2 cm³/mol. The summed E-state index contributed by atoms with van der Waals surface area (Å²) in [5.41, 5.74) is 1.40. The quantitative estimate of drug-likeness (QED) is 0.427. The molecule has 3 aliphatic rings. The maximum atomic E-state index is 4.16. The van der Waals surface area contributed by atoms with E-state index in [1.807, 2.05) is 0 Å². The van der Waals surface area contributed by atoms with Crippen LogP contribution in [0.5, 0.6) is 0 Å². The van der Waals surface area contributed by atoms with Crippen LogP contribution in [0.3, 0.4) is 0 Å². The highest BCUT2D eigenvalue weighted by molar-refractivity contribution is 5.95. The Bertz CT molecular complexity index is 128. The summed E-state index contributed by atoms with van der Waals surface area (Å²) < 4.78 is 0. The van der Waals surface area contributed by atoms with E-state index in [4.69, 9.17) is 0 Å². The molecule has 0 N–H and O–H groups in total. The van der Waals surface area contributed by atoms with Gasteiger partial charge in [-0.2, -0.15) is 5.10 Å². The lowest BCUT2D eigenvalue weighted by molar-refractivity contribution is 0.277. The van der Waals surface area contributed by atoms with Crippen LogP contribution in [0.2, 0.25) is 0 Å². The molecule has 38 valence electrons. The molecule has 1 unspecified atom stereocenters. The van der Waals surface area contributed by atoms with Gasteiger partial charge in [-0.1, -0.05) is 0 Å². The molecule has 0 aromatic carbocycles. The molecule has 3 rings (SSSR count). The molecule has 3 heterocycles. The van der Waals surface area contributed by atoms with Crippen molar-refractivity contribution in [3.63, 3.8) is 0 Å². The van der Waals surface area contributed by atoms with Crippen LogP contribution in [0.4, 0.5) is 0 Å². The first kappa shape index (κ1) is 3.47. The third kappa shape index (κ3) is 0.243. The maximum absolute atomic E-state index is 4.16. The zero-order valence-corrected chi connectivity index (χ0v) is 4.39. The van der Waals surface area contributed by atoms with Crippen molar-refractivity contribution in [2.24, 2.45) is 5.10 Å². The average molecular weight is 96.1 g/mol. The summed E-state index contributed by atoms with van der Waals surface area (Å²) in [5, 5.41) is 6.30. The van der Waals surface area contributed by atoms with Crippen molar-refractivity contribution >= 4 is 5.71 Å². The van der Waals surface area contributed by atoms with Gasteiger partial charge in [0.1, 0.15) is 0 Å². The molecule has 0 spiro atoms. The molecule has 2 heteroatoms. The lowest BCUT2D eigenvalue weighted by atomic mass is 10.2. The fourth-order valence-corrected chi connectivity index (χ4v) is 1.18. The molecule has 1 atom stereocenters. The number of nitrogens with zero attached hydrogens (tertiary/aromatic N) is 2. The van der Waals surface area contributed by atoms with Crippen LogP contribution in [-0.2, 0) is 0 Å². The van der Waals surface area contributed by atoms with Gasteiger partial charge in [-0.25, -0.2) is 0 Å². The second-order valence-corrected chi connectivity index (χ2v) is 2.18. The Morgan fingerprint density at radius 3 is 2.86 bits per heavy atom. The third-order valence-electron chi connectivity index (χ3n) is 1.78. The van der Waals surface area contributed by atoms with Crippen LogP contribution < -0.4 is 0 Å². The second kappa shape index (κ2) is 0.831. The SMILES string of the molecule is CC1C2=NN1CC2. The Labute approximate surface area is 42.8 Å². The fraction of sp³-hybridized carbons (Fsp3) is 0.800. The Balaban J connectivity index is 2.32. The van der Waals surface area contributed by atoms with Gasteiger partial charge in [-0.15, -0.1) is 0 Å². The molecule has 0 amide bonds. The molecule has 1 fully saturated rings. The summed E-state index contributed by atoms with van der Waals surface area (Å²) in [6.07, 6.45) is 1.22. The van der Waals surface area contributed by atoms with Gasteiger partial charge < -0.3 is 0 Å². The Hall–Kier alpha value is -0.530. The van der Waals surface area contributed by atoms with Gasteiger partial charge in [-0.3, -0.25) is 5.01 Å². The molecule has 3 aliphatic heterocycles. The highest BCUT2D eigenvalue weighted by atomic mass is 15.6. The van der Waals surface area contributed by atoms with Crippen LogP contribution in [0.1, 0.15) is 13.3 Å². The van der Waals surface area contributed by atoms with Crippen LogP contribution in [0.25, 0.3) is 0 Å². The first-order chi connectivity index (χ1) is 3.38. The number of hydrogen-bond acceptors (Lipinski definition) is 2. The lowest BCUT2D eigenvalue weighted by Gasteiger charge is -2.25. The summed E-state index contributed by atoms with van der Waals surface area (Å²) in [4.78, 5) is 0. The van der Waals surface area contributed by atoms with E-state index in [0.717, 1.165) is 0 Å². The van der Waals surface area contributed by atoms with Crippen LogP contribution in [0, 0.1) is 0 Å². The van der Waals surface area contributed by atoms with E-state index >= 15 is 0 Å². The number of rotatable bonds is 0. The number of hydrazone groups is 1. The van der Waals surface area contributed by atoms with Gasteiger partial charge in [0.15, 0.2) is 0 Å². The monoisotopic (exact) mass is 96.1 g/mol. The van der Waals surface area contributed by atoms with E-state index < -0.39 is 0 Å². The lowest BCUT2D eigenvalue weighted by Crippen LogP contribution is -2.35. The molecule has 7 heavy (non-hydrogen) atoms. The van der Waals surface area contributed by atoms with Crippen LogP contribution in [0.15, 0.2) is 5.10 Å². The minimum atomic E-state index is 0.694. The first-order valence-electron chi connectivity index (χ1n) is 2.72. The summed E-state index contributed by atoms with van der Waals surface area (Å²) in [5.74, 6) is 0. The topological polar surface area (TPSA) is 15.6 Å². The molecule has 0 saturated carbocycles. The summed E-state index contributed by atoms with van der Waals surface area (Å²) >= 11 is 0. The minimum Gasteiger partial charge on any atom is -0.288 e. The van der Waals surface area contributed by atoms with Gasteiger partial charge in [0, 0.05) is 13.0 Å². The molecule has 0 aromatic heterocycles. The summed E-state index contributed by atoms with van der Waals surface area (Å²) in [6, 6.07) is 0.694. The predicted octanol–water partition coefficient (Wildman–Crippen LogP) is 0.450. The largest absolute Gasteiger partial charge is 0.288 e. The molecular weight excluding hydrogens is 88.1 g/mol. The Morgan fingerprint density at radius 2 is 2.71 bits per heavy atom. The third-order valence-corrected chi connectivity index (χ3v) is 1.78. The highest BCUT2D eigenvalue weighted by Gasteiger charge is 2.33. The van der Waals surface area contributed by atoms with E-state index in [0.29, 0.717) is 6.04 Å². The average Bonchev–Trinajstić information content (AvgIpc) is 2.18. The summed E-state index contributed by atoms with van der Waals surface area (Å²) in [7, 11) is 0. The Kier molecular flexibility index (Phi) is 0.412. The zero-order chi connectivity index (χ0) is 4.85. The van der Waals surface area contributed by atoms with Gasteiger partial charge in [0.25, 0.3) is 0 Å². The second-order valence-electron chi connectivity index (χ2n) is 2.18. The van der Waals surface area contributed by atoms with E-state index in [1.165, 1.54) is 18.7 Å². The molecular formula is C5H8N2. The highest BCUT2D eigenvalue weighted by Crippen LogP contribution is 2.24. The van der Waals surface area contributed by atoms with Crippen molar-refractivity contribution in [1.82, 2.24) is 5.01 Å². The fourth-order valence-electron chi connectivity index (χ4n) is 1.18. The van der Waals surface area contributed by atoms with E-state index in [2.05, 4.69) is 17.0 Å². The van der Waals surface area contributed by atoms with Crippen molar-refractivity contribution < 1.29 is 0 Å². The van der Waals surface area contributed by atoms with Crippen LogP contribution in [-0.4, -0.2) is 23.3 Å². The maximum Gasteiger partial charge on any atom is 0.0841 e. The standard InChI is InChI=1S/C5H8N2/c1-4-5-2-3-7(4)6-5/h4H,2-3H2,1H3. The number of hydrogen-bond donors (Lipinski definition) is 0. The molecule has 1 saturated heterocycles. The van der Waals surface area contributed by atoms with Crippen molar-refractivity contribution in [2.75, 3.05) is 6.54 Å². The van der Waals surface area contributed by atoms with E-state index in [1.54, 1.807) is 0 Å². The smallest absolute Gasteiger partial charge is 0.0841 e.